The zero-order valence-corrected chi connectivity index (χ0v) is 11.8. The maximum atomic E-state index is 5.92. The lowest BCUT2D eigenvalue weighted by atomic mass is 10.3. The topological polar surface area (TPSA) is 18.5 Å². The third-order valence-electron chi connectivity index (χ3n) is 1.56. The summed E-state index contributed by atoms with van der Waals surface area (Å²) < 4.78 is 10.6. The maximum Gasteiger partial charge on any atom is 0.332 e. The Bertz CT molecular complexity index is 356. The van der Waals surface area contributed by atoms with Crippen molar-refractivity contribution in [1.29, 1.82) is 0 Å². The molecule has 1 atom stereocenters. The van der Waals surface area contributed by atoms with Gasteiger partial charge in [0.15, 0.2) is 0 Å². The molecule has 0 spiro atoms. The van der Waals surface area contributed by atoms with Gasteiger partial charge in [-0.1, -0.05) is 0 Å². The van der Waals surface area contributed by atoms with Gasteiger partial charge in [-0.05, 0) is 60.5 Å². The number of thioether (sulfide) groups is 1. The second-order valence-corrected chi connectivity index (χ2v) is 8.18. The third kappa shape index (κ3) is 4.75. The molecule has 0 aliphatic carbocycles. The SMILES string of the molecule is CCOP(=S)(Cl)Oc1ccc(SC)cc1. The summed E-state index contributed by atoms with van der Waals surface area (Å²) in [6.45, 7) is 2.30. The minimum absolute atomic E-state index is 0.462. The highest BCUT2D eigenvalue weighted by Gasteiger charge is 2.15. The highest BCUT2D eigenvalue weighted by atomic mass is 35.7. The Balaban J connectivity index is 2.68. The van der Waals surface area contributed by atoms with E-state index in [4.69, 9.17) is 32.1 Å². The summed E-state index contributed by atoms with van der Waals surface area (Å²) in [7, 11) is 0. The molecule has 2 nitrogen and oxygen atoms in total. The monoisotopic (exact) mass is 282 g/mol. The molecule has 0 saturated carbocycles. The number of hydrogen-bond acceptors (Lipinski definition) is 4. The predicted molar refractivity (Wildman–Crippen MR) is 70.6 cm³/mol. The molecule has 15 heavy (non-hydrogen) atoms. The van der Waals surface area contributed by atoms with E-state index < -0.39 is 5.84 Å². The van der Waals surface area contributed by atoms with Crippen LogP contribution in [0.2, 0.25) is 0 Å². The second-order valence-electron chi connectivity index (χ2n) is 2.62. The first-order valence-corrected chi connectivity index (χ1v) is 9.12. The van der Waals surface area contributed by atoms with E-state index in [2.05, 4.69) is 0 Å². The van der Waals surface area contributed by atoms with Crippen LogP contribution in [0.15, 0.2) is 29.2 Å². The summed E-state index contributed by atoms with van der Waals surface area (Å²) in [4.78, 5) is 1.17. The Morgan fingerprint density at radius 1 is 1.40 bits per heavy atom. The summed E-state index contributed by atoms with van der Waals surface area (Å²) in [6.07, 6.45) is 2.02. The molecule has 0 N–H and O–H groups in total. The van der Waals surface area contributed by atoms with Crippen LogP contribution in [-0.4, -0.2) is 12.9 Å². The molecular weight excluding hydrogens is 271 g/mol. The minimum atomic E-state index is -2.64. The molecule has 1 rings (SSSR count). The molecule has 0 aliphatic heterocycles. The quantitative estimate of drug-likeness (QED) is 0.592. The van der Waals surface area contributed by atoms with Crippen LogP contribution in [0.5, 0.6) is 5.75 Å². The lowest BCUT2D eigenvalue weighted by Gasteiger charge is -2.15. The Hall–Kier alpha value is 0.270. The van der Waals surface area contributed by atoms with Crippen LogP contribution < -0.4 is 4.52 Å². The standard InChI is InChI=1S/C9H12ClO2PS2/c1-3-11-13(10,14)12-8-4-6-9(15-2)7-5-8/h4-7H,3H2,1-2H3. The number of benzene rings is 1. The normalized spacial score (nSPS) is 14.6. The van der Waals surface area contributed by atoms with Crippen molar-refractivity contribution in [2.45, 2.75) is 11.8 Å². The molecule has 1 unspecified atom stereocenters. The van der Waals surface area contributed by atoms with Gasteiger partial charge in [-0.2, -0.15) is 0 Å². The van der Waals surface area contributed by atoms with Crippen molar-refractivity contribution in [3.63, 3.8) is 0 Å². The largest absolute Gasteiger partial charge is 0.433 e. The summed E-state index contributed by atoms with van der Waals surface area (Å²) in [5, 5.41) is 0. The lowest BCUT2D eigenvalue weighted by molar-refractivity contribution is 0.343. The third-order valence-corrected chi connectivity index (χ3v) is 4.34. The zero-order valence-electron chi connectivity index (χ0n) is 8.47. The first-order chi connectivity index (χ1) is 7.07. The molecule has 1 aromatic rings. The van der Waals surface area contributed by atoms with Gasteiger partial charge in [0.05, 0.1) is 6.61 Å². The van der Waals surface area contributed by atoms with E-state index in [-0.39, 0.29) is 0 Å². The average Bonchev–Trinajstić information content (AvgIpc) is 2.18. The Morgan fingerprint density at radius 3 is 2.47 bits per heavy atom. The van der Waals surface area contributed by atoms with Gasteiger partial charge in [0.1, 0.15) is 5.75 Å². The van der Waals surface area contributed by atoms with Gasteiger partial charge in [-0.25, -0.2) is 0 Å². The van der Waals surface area contributed by atoms with Crippen LogP contribution >= 0.6 is 28.8 Å². The predicted octanol–water partition coefficient (Wildman–Crippen LogP) is 4.29. The van der Waals surface area contributed by atoms with Gasteiger partial charge < -0.3 is 9.05 Å². The van der Waals surface area contributed by atoms with E-state index in [0.717, 1.165) is 0 Å². The van der Waals surface area contributed by atoms with Gasteiger partial charge in [-0.15, -0.1) is 11.8 Å². The van der Waals surface area contributed by atoms with E-state index in [1.165, 1.54) is 4.90 Å². The highest BCUT2D eigenvalue weighted by Crippen LogP contribution is 2.53. The molecule has 84 valence electrons. The molecule has 0 aliphatic rings. The van der Waals surface area contributed by atoms with Crippen molar-refractivity contribution in [2.24, 2.45) is 0 Å². The highest BCUT2D eigenvalue weighted by molar-refractivity contribution is 8.22. The van der Waals surface area contributed by atoms with Crippen molar-refractivity contribution < 1.29 is 9.05 Å². The van der Waals surface area contributed by atoms with Gasteiger partial charge >= 0.3 is 5.84 Å². The zero-order chi connectivity index (χ0) is 11.3. The molecule has 0 radical (unpaired) electrons. The number of hydrogen-bond donors (Lipinski definition) is 0. The Labute approximate surface area is 104 Å². The fourth-order valence-electron chi connectivity index (χ4n) is 0.943. The van der Waals surface area contributed by atoms with Gasteiger partial charge in [0, 0.05) is 4.90 Å². The molecular formula is C9H12ClO2PS2. The second kappa shape index (κ2) is 6.12. The number of rotatable bonds is 5. The van der Waals surface area contributed by atoms with Gasteiger partial charge in [0.25, 0.3) is 0 Å². The lowest BCUT2D eigenvalue weighted by Crippen LogP contribution is -1.91. The smallest absolute Gasteiger partial charge is 0.332 e. The molecule has 0 aromatic heterocycles. The Morgan fingerprint density at radius 2 is 2.00 bits per heavy atom. The minimum Gasteiger partial charge on any atom is -0.433 e. The fourth-order valence-corrected chi connectivity index (χ4v) is 3.19. The van der Waals surface area contributed by atoms with Crippen molar-refractivity contribution in [3.05, 3.63) is 24.3 Å². The van der Waals surface area contributed by atoms with Crippen molar-refractivity contribution in [1.82, 2.24) is 0 Å². The van der Waals surface area contributed by atoms with Gasteiger partial charge in [0.2, 0.25) is 0 Å². The van der Waals surface area contributed by atoms with Crippen LogP contribution in [-0.2, 0) is 16.3 Å². The van der Waals surface area contributed by atoms with Crippen LogP contribution in [0.3, 0.4) is 0 Å². The Kier molecular flexibility index (Phi) is 5.44. The summed E-state index contributed by atoms with van der Waals surface area (Å²) in [5.74, 6) is -1.99. The molecule has 0 heterocycles. The van der Waals surface area contributed by atoms with E-state index in [1.807, 2.05) is 37.4 Å². The summed E-state index contributed by atoms with van der Waals surface area (Å²) >= 11 is 12.6. The van der Waals surface area contributed by atoms with E-state index in [0.29, 0.717) is 12.4 Å². The molecule has 0 saturated heterocycles. The fraction of sp³-hybridized carbons (Fsp3) is 0.333. The van der Waals surface area contributed by atoms with Crippen LogP contribution in [0.25, 0.3) is 0 Å². The molecule has 0 bridgehead atoms. The van der Waals surface area contributed by atoms with Crippen LogP contribution in [0.1, 0.15) is 6.92 Å². The van der Waals surface area contributed by atoms with Crippen molar-refractivity contribution in [2.75, 3.05) is 12.9 Å². The van der Waals surface area contributed by atoms with E-state index in [1.54, 1.807) is 11.8 Å². The number of halogens is 1. The average molecular weight is 283 g/mol. The summed E-state index contributed by atoms with van der Waals surface area (Å²) in [5.41, 5.74) is 0. The van der Waals surface area contributed by atoms with E-state index in [9.17, 15) is 0 Å². The van der Waals surface area contributed by atoms with Crippen LogP contribution in [0.4, 0.5) is 0 Å². The summed E-state index contributed by atoms with van der Waals surface area (Å²) in [6, 6.07) is 7.60. The molecule has 0 amide bonds. The van der Waals surface area contributed by atoms with Crippen LogP contribution in [0, 0.1) is 0 Å². The van der Waals surface area contributed by atoms with E-state index >= 15 is 0 Å². The first kappa shape index (κ1) is 13.3. The maximum absolute atomic E-state index is 5.92. The van der Waals surface area contributed by atoms with Gasteiger partial charge in [-0.3, -0.25) is 0 Å². The van der Waals surface area contributed by atoms with Crippen molar-refractivity contribution >= 4 is 40.7 Å². The molecule has 1 aromatic carbocycles. The molecule has 0 fully saturated rings. The van der Waals surface area contributed by atoms with Crippen molar-refractivity contribution in [3.8, 4) is 5.75 Å². The first-order valence-electron chi connectivity index (χ1n) is 4.35. The molecule has 6 heteroatoms.